The highest BCUT2D eigenvalue weighted by Gasteiger charge is 2.41. The highest BCUT2D eigenvalue weighted by Crippen LogP contribution is 2.22. The van der Waals surface area contributed by atoms with Crippen LogP contribution < -0.4 is 16.0 Å². The van der Waals surface area contributed by atoms with Gasteiger partial charge in [0.05, 0.1) is 11.5 Å². The van der Waals surface area contributed by atoms with Gasteiger partial charge in [-0.15, -0.1) is 0 Å². The Hall–Kier alpha value is -4.33. The van der Waals surface area contributed by atoms with Crippen LogP contribution >= 0.6 is 0 Å². The van der Waals surface area contributed by atoms with Crippen molar-refractivity contribution < 1.29 is 32.6 Å². The van der Waals surface area contributed by atoms with Crippen molar-refractivity contribution in [3.05, 3.63) is 84.6 Å². The van der Waals surface area contributed by atoms with Crippen molar-refractivity contribution >= 4 is 39.3 Å². The van der Waals surface area contributed by atoms with Gasteiger partial charge in [-0.05, 0) is 67.6 Å². The van der Waals surface area contributed by atoms with Gasteiger partial charge in [-0.25, -0.2) is 18.2 Å². The number of rotatable bonds is 15. The lowest BCUT2D eigenvalue weighted by atomic mass is 10.0. The number of sulfonamides is 1. The summed E-state index contributed by atoms with van der Waals surface area (Å²) in [6.45, 7) is 0.231. The molecule has 2 heterocycles. The second-order valence-corrected chi connectivity index (χ2v) is 11.9. The van der Waals surface area contributed by atoms with E-state index in [0.717, 1.165) is 35.1 Å². The van der Waals surface area contributed by atoms with Gasteiger partial charge in [-0.3, -0.25) is 9.59 Å². The van der Waals surface area contributed by atoms with Crippen molar-refractivity contribution in [2.75, 3.05) is 30.5 Å². The standard InChI is InChI=1S/C30H35N5O7S/c36-28(11-5-7-19-32-27-10-4-6-18-31-27)33-23-15-12-22(13-16-23)14-17-25(30(38)39)34-29(37)26-20-42-21-35(26)43(40,41)24-8-2-1-3-9-24/h1-4,6,8-10,12-13,15-16,18,25-26H,5,7,11,14,17,19-21H2,(H,31,32)(H,33,36)(H,34,37)(H,38,39)/t25-,26-/m0/s1. The van der Waals surface area contributed by atoms with Crippen molar-refractivity contribution in [2.45, 2.75) is 49.1 Å². The van der Waals surface area contributed by atoms with Crippen LogP contribution in [0.25, 0.3) is 0 Å². The summed E-state index contributed by atoms with van der Waals surface area (Å²) in [7, 11) is -4.01. The molecule has 1 saturated heterocycles. The zero-order valence-corrected chi connectivity index (χ0v) is 24.3. The molecule has 0 unspecified atom stereocenters. The van der Waals surface area contributed by atoms with Crippen molar-refractivity contribution in [3.8, 4) is 0 Å². The number of carboxylic acid groups (broad SMARTS) is 1. The summed E-state index contributed by atoms with van der Waals surface area (Å²) in [5, 5.41) is 18.3. The van der Waals surface area contributed by atoms with Gasteiger partial charge in [0.25, 0.3) is 0 Å². The molecule has 3 aromatic rings. The minimum Gasteiger partial charge on any atom is -0.480 e. The zero-order chi connectivity index (χ0) is 30.7. The molecule has 2 atom stereocenters. The van der Waals surface area contributed by atoms with Crippen LogP contribution in [0.2, 0.25) is 0 Å². The molecular weight excluding hydrogens is 574 g/mol. The predicted octanol–water partition coefficient (Wildman–Crippen LogP) is 2.85. The van der Waals surface area contributed by atoms with Gasteiger partial charge >= 0.3 is 5.97 Å². The summed E-state index contributed by atoms with van der Waals surface area (Å²) in [6, 6.07) is 17.9. The summed E-state index contributed by atoms with van der Waals surface area (Å²) in [6.07, 6.45) is 4.04. The van der Waals surface area contributed by atoms with E-state index in [9.17, 15) is 27.9 Å². The number of carbonyl (C=O) groups is 3. The normalized spacial score (nSPS) is 15.9. The van der Waals surface area contributed by atoms with Crippen LogP contribution in [0.3, 0.4) is 0 Å². The first-order valence-electron chi connectivity index (χ1n) is 14.0. The number of benzene rings is 2. The summed E-state index contributed by atoms with van der Waals surface area (Å²) in [4.78, 5) is 41.4. The van der Waals surface area contributed by atoms with E-state index < -0.39 is 34.0 Å². The number of pyridine rings is 1. The number of hydrogen-bond donors (Lipinski definition) is 4. The maximum atomic E-state index is 13.0. The highest BCUT2D eigenvalue weighted by atomic mass is 32.2. The van der Waals surface area contributed by atoms with Crippen LogP contribution in [0.1, 0.15) is 31.2 Å². The topological polar surface area (TPSA) is 167 Å². The van der Waals surface area contributed by atoms with E-state index in [1.165, 1.54) is 12.1 Å². The molecule has 1 aliphatic rings. The number of nitrogens with zero attached hydrogens (tertiary/aromatic N) is 2. The molecule has 0 radical (unpaired) electrons. The Kier molecular flexibility index (Phi) is 11.2. The second-order valence-electron chi connectivity index (χ2n) is 10.0. The van der Waals surface area contributed by atoms with Crippen LogP contribution in [0.15, 0.2) is 83.9 Å². The molecule has 228 valence electrons. The number of anilines is 2. The summed E-state index contributed by atoms with van der Waals surface area (Å²) in [5.41, 5.74) is 1.45. The second kappa shape index (κ2) is 15.2. The van der Waals surface area contributed by atoms with Crippen LogP contribution in [-0.2, 0) is 35.6 Å². The fourth-order valence-corrected chi connectivity index (χ4v) is 5.98. The van der Waals surface area contributed by atoms with Crippen molar-refractivity contribution in [3.63, 3.8) is 0 Å². The molecule has 1 aromatic heterocycles. The number of hydrogen-bond acceptors (Lipinski definition) is 8. The molecule has 0 saturated carbocycles. The zero-order valence-electron chi connectivity index (χ0n) is 23.5. The number of amides is 2. The van der Waals surface area contributed by atoms with Gasteiger partial charge in [0.15, 0.2) is 0 Å². The highest BCUT2D eigenvalue weighted by molar-refractivity contribution is 7.89. The molecular formula is C30H35N5O7S. The third-order valence-corrected chi connectivity index (χ3v) is 8.72. The number of ether oxygens (including phenoxy) is 1. The van der Waals surface area contributed by atoms with Crippen molar-refractivity contribution in [2.24, 2.45) is 0 Å². The lowest BCUT2D eigenvalue weighted by Gasteiger charge is -2.23. The smallest absolute Gasteiger partial charge is 0.326 e. The SMILES string of the molecule is O=C(CCCCNc1ccccn1)Nc1ccc(CC[C@H](NC(=O)[C@@H]2COCN2S(=O)(=O)c2ccccc2)C(=O)O)cc1. The third-order valence-electron chi connectivity index (χ3n) is 6.87. The van der Waals surface area contributed by atoms with Crippen LogP contribution in [0.4, 0.5) is 11.5 Å². The molecule has 2 aromatic carbocycles. The Morgan fingerprint density at radius 2 is 1.74 bits per heavy atom. The minimum absolute atomic E-state index is 0.0154. The Balaban J connectivity index is 1.22. The van der Waals surface area contributed by atoms with Gasteiger partial charge in [0, 0.05) is 24.8 Å². The fraction of sp³-hybridized carbons (Fsp3) is 0.333. The molecule has 0 bridgehead atoms. The molecule has 1 aliphatic heterocycles. The average molecular weight is 610 g/mol. The van der Waals surface area contributed by atoms with Gasteiger partial charge in [0.1, 0.15) is 24.6 Å². The van der Waals surface area contributed by atoms with Crippen LogP contribution in [0.5, 0.6) is 0 Å². The molecule has 0 aliphatic carbocycles. The number of nitrogens with one attached hydrogen (secondary N) is 3. The van der Waals surface area contributed by atoms with Gasteiger partial charge in [-0.1, -0.05) is 36.4 Å². The lowest BCUT2D eigenvalue weighted by molar-refractivity contribution is -0.142. The van der Waals surface area contributed by atoms with E-state index in [2.05, 4.69) is 20.9 Å². The maximum Gasteiger partial charge on any atom is 0.326 e. The Bertz CT molecular complexity index is 1470. The van der Waals surface area contributed by atoms with Gasteiger partial charge < -0.3 is 25.8 Å². The molecule has 13 heteroatoms. The number of aromatic nitrogens is 1. The van der Waals surface area contributed by atoms with E-state index >= 15 is 0 Å². The summed E-state index contributed by atoms with van der Waals surface area (Å²) in [5.74, 6) is -1.27. The van der Waals surface area contributed by atoms with Crippen LogP contribution in [-0.4, -0.2) is 72.6 Å². The molecule has 2 amide bonds. The van der Waals surface area contributed by atoms with Crippen molar-refractivity contribution in [1.29, 1.82) is 0 Å². The molecule has 43 heavy (non-hydrogen) atoms. The summed E-state index contributed by atoms with van der Waals surface area (Å²) >= 11 is 0. The molecule has 12 nitrogen and oxygen atoms in total. The number of unbranched alkanes of at least 4 members (excludes halogenated alkanes) is 1. The number of aryl methyl sites for hydroxylation is 1. The Labute approximate surface area is 250 Å². The first-order valence-corrected chi connectivity index (χ1v) is 15.4. The molecule has 0 spiro atoms. The third kappa shape index (κ3) is 9.08. The van der Waals surface area contributed by atoms with Gasteiger partial charge in [0.2, 0.25) is 21.8 Å². The molecule has 1 fully saturated rings. The first kappa shape index (κ1) is 31.6. The van der Waals surface area contributed by atoms with E-state index in [1.54, 1.807) is 48.7 Å². The summed E-state index contributed by atoms with van der Waals surface area (Å²) < 4.78 is 32.2. The Morgan fingerprint density at radius 3 is 2.44 bits per heavy atom. The average Bonchev–Trinajstić information content (AvgIpc) is 3.52. The van der Waals surface area contributed by atoms with E-state index in [-0.39, 0.29) is 30.6 Å². The van der Waals surface area contributed by atoms with Crippen molar-refractivity contribution in [1.82, 2.24) is 14.6 Å². The fourth-order valence-electron chi connectivity index (χ4n) is 4.51. The minimum atomic E-state index is -4.01. The first-order chi connectivity index (χ1) is 20.7. The van der Waals surface area contributed by atoms with Crippen LogP contribution in [0, 0.1) is 0 Å². The quantitative estimate of drug-likeness (QED) is 0.190. The predicted molar refractivity (Wildman–Crippen MR) is 160 cm³/mol. The molecule has 4 rings (SSSR count). The number of carbonyl (C=O) groups excluding carboxylic acids is 2. The Morgan fingerprint density at radius 1 is 1.00 bits per heavy atom. The number of carboxylic acids is 1. The lowest BCUT2D eigenvalue weighted by Crippen LogP contribution is -2.51. The monoisotopic (exact) mass is 609 g/mol. The van der Waals surface area contributed by atoms with Gasteiger partial charge in [-0.2, -0.15) is 4.31 Å². The van der Waals surface area contributed by atoms with E-state index in [1.807, 2.05) is 18.2 Å². The maximum absolute atomic E-state index is 13.0. The van der Waals surface area contributed by atoms with E-state index in [4.69, 9.17) is 4.74 Å². The number of aliphatic carboxylic acids is 1. The largest absolute Gasteiger partial charge is 0.480 e. The van der Waals surface area contributed by atoms with E-state index in [0.29, 0.717) is 18.5 Å². The molecule has 4 N–H and O–H groups in total.